The number of carbonyl (C=O) groups is 1. The van der Waals surface area contributed by atoms with E-state index in [1.807, 2.05) is 13.8 Å². The molecule has 0 radical (unpaired) electrons. The zero-order valence-corrected chi connectivity index (χ0v) is 14.7. The first kappa shape index (κ1) is 18.6. The summed E-state index contributed by atoms with van der Waals surface area (Å²) in [7, 11) is 1.39. The van der Waals surface area contributed by atoms with Crippen LogP contribution in [0, 0.1) is 5.82 Å². The Balaban J connectivity index is 2.52. The van der Waals surface area contributed by atoms with E-state index < -0.39 is 11.4 Å². The summed E-state index contributed by atoms with van der Waals surface area (Å²) in [4.78, 5) is 26.8. The van der Waals surface area contributed by atoms with Gasteiger partial charge in [0.2, 0.25) is 0 Å². The highest BCUT2D eigenvalue weighted by Gasteiger charge is 2.22. The maximum Gasteiger partial charge on any atom is 0.278 e. The third-order valence-corrected chi connectivity index (χ3v) is 3.66. The average molecular weight is 347 g/mol. The zero-order valence-electron chi connectivity index (χ0n) is 14.7. The van der Waals surface area contributed by atoms with E-state index in [0.29, 0.717) is 18.8 Å². The van der Waals surface area contributed by atoms with Crippen molar-refractivity contribution in [1.82, 2.24) is 14.7 Å². The van der Waals surface area contributed by atoms with E-state index in [1.165, 1.54) is 37.4 Å². The van der Waals surface area contributed by atoms with Gasteiger partial charge in [0.15, 0.2) is 11.4 Å². The van der Waals surface area contributed by atoms with Crippen LogP contribution in [0.2, 0.25) is 0 Å². The number of methoxy groups -OCH3 is 1. The molecule has 0 bridgehead atoms. The number of hydrogen-bond donors (Lipinski definition) is 0. The molecule has 0 aliphatic carbocycles. The summed E-state index contributed by atoms with van der Waals surface area (Å²) in [6.07, 6.45) is 1.62. The molecular formula is C18H22FN3O3. The second-order valence-corrected chi connectivity index (χ2v) is 5.58. The van der Waals surface area contributed by atoms with E-state index in [0.717, 1.165) is 17.5 Å². The molecule has 0 fully saturated rings. The number of benzene rings is 1. The summed E-state index contributed by atoms with van der Waals surface area (Å²) < 4.78 is 19.4. The standard InChI is InChI=1S/C18H22FN3O3/c1-4-10-21(11-5-2)18(24)17-15(25-3)12-16(23)22(20-17)14-8-6-13(19)7-9-14/h6-9,12H,4-5,10-11H2,1-3H3. The Bertz CT molecular complexity index is 781. The molecule has 134 valence electrons. The lowest BCUT2D eigenvalue weighted by atomic mass is 10.2. The minimum atomic E-state index is -0.461. The molecule has 1 aromatic heterocycles. The molecule has 2 aromatic rings. The first-order valence-electron chi connectivity index (χ1n) is 8.25. The maximum absolute atomic E-state index is 13.1. The van der Waals surface area contributed by atoms with Crippen molar-refractivity contribution < 1.29 is 13.9 Å². The van der Waals surface area contributed by atoms with Gasteiger partial charge in [0.05, 0.1) is 18.9 Å². The van der Waals surface area contributed by atoms with Crippen molar-refractivity contribution in [3.8, 4) is 11.4 Å². The highest BCUT2D eigenvalue weighted by molar-refractivity contribution is 5.94. The van der Waals surface area contributed by atoms with Gasteiger partial charge in [-0.3, -0.25) is 9.59 Å². The summed E-state index contributed by atoms with van der Waals surface area (Å²) in [5.74, 6) is -0.583. The van der Waals surface area contributed by atoms with Gasteiger partial charge in [0.1, 0.15) is 5.82 Å². The highest BCUT2D eigenvalue weighted by Crippen LogP contribution is 2.17. The van der Waals surface area contributed by atoms with Crippen molar-refractivity contribution in [3.05, 3.63) is 52.2 Å². The molecule has 0 N–H and O–H groups in total. The number of amides is 1. The number of carbonyl (C=O) groups excluding carboxylic acids is 1. The molecule has 7 heteroatoms. The number of halogens is 1. The van der Waals surface area contributed by atoms with Crippen LogP contribution in [-0.2, 0) is 0 Å². The van der Waals surface area contributed by atoms with Crippen molar-refractivity contribution >= 4 is 5.91 Å². The SMILES string of the molecule is CCCN(CCC)C(=O)c1nn(-c2ccc(F)cc2)c(=O)cc1OC. The minimum Gasteiger partial charge on any atom is -0.494 e. The Labute approximate surface area is 145 Å². The van der Waals surface area contributed by atoms with Crippen LogP contribution in [0.3, 0.4) is 0 Å². The van der Waals surface area contributed by atoms with Crippen LogP contribution in [0.4, 0.5) is 4.39 Å². The van der Waals surface area contributed by atoms with E-state index >= 15 is 0 Å². The Kier molecular flexibility index (Phi) is 6.27. The summed E-state index contributed by atoms with van der Waals surface area (Å²) in [5, 5.41) is 4.19. The number of ether oxygens (including phenoxy) is 1. The molecule has 1 aromatic carbocycles. The fourth-order valence-electron chi connectivity index (χ4n) is 2.52. The van der Waals surface area contributed by atoms with Crippen LogP contribution < -0.4 is 10.3 Å². The number of aromatic nitrogens is 2. The van der Waals surface area contributed by atoms with Gasteiger partial charge in [-0.15, -0.1) is 0 Å². The number of hydrogen-bond acceptors (Lipinski definition) is 4. The smallest absolute Gasteiger partial charge is 0.278 e. The fraction of sp³-hybridized carbons (Fsp3) is 0.389. The monoisotopic (exact) mass is 347 g/mol. The molecule has 0 aliphatic heterocycles. The zero-order chi connectivity index (χ0) is 18.4. The lowest BCUT2D eigenvalue weighted by Gasteiger charge is -2.22. The van der Waals surface area contributed by atoms with Gasteiger partial charge < -0.3 is 9.64 Å². The quantitative estimate of drug-likeness (QED) is 0.772. The highest BCUT2D eigenvalue weighted by atomic mass is 19.1. The first-order valence-corrected chi connectivity index (χ1v) is 8.25. The van der Waals surface area contributed by atoms with E-state index in [1.54, 1.807) is 4.90 Å². The van der Waals surface area contributed by atoms with Gasteiger partial charge >= 0.3 is 0 Å². The Morgan fingerprint density at radius 2 is 1.80 bits per heavy atom. The van der Waals surface area contributed by atoms with Crippen LogP contribution in [0.1, 0.15) is 37.2 Å². The second kappa shape index (κ2) is 8.41. The van der Waals surface area contributed by atoms with E-state index in [4.69, 9.17) is 4.74 Å². The lowest BCUT2D eigenvalue weighted by Crippen LogP contribution is -2.35. The second-order valence-electron chi connectivity index (χ2n) is 5.58. The van der Waals surface area contributed by atoms with E-state index in [-0.39, 0.29) is 17.4 Å². The summed E-state index contributed by atoms with van der Waals surface area (Å²) >= 11 is 0. The largest absolute Gasteiger partial charge is 0.494 e. The van der Waals surface area contributed by atoms with E-state index in [2.05, 4.69) is 5.10 Å². The van der Waals surface area contributed by atoms with Crippen molar-refractivity contribution in [2.24, 2.45) is 0 Å². The molecule has 25 heavy (non-hydrogen) atoms. The van der Waals surface area contributed by atoms with Gasteiger partial charge in [-0.2, -0.15) is 9.78 Å². The molecule has 0 spiro atoms. The average Bonchev–Trinajstić information content (AvgIpc) is 2.61. The molecule has 6 nitrogen and oxygen atoms in total. The van der Waals surface area contributed by atoms with Crippen LogP contribution in [0.15, 0.2) is 35.1 Å². The molecule has 2 rings (SSSR count). The Hall–Kier alpha value is -2.70. The molecular weight excluding hydrogens is 325 g/mol. The van der Waals surface area contributed by atoms with Crippen molar-refractivity contribution in [2.75, 3.05) is 20.2 Å². The normalized spacial score (nSPS) is 10.6. The molecule has 1 amide bonds. The van der Waals surface area contributed by atoms with Crippen LogP contribution >= 0.6 is 0 Å². The van der Waals surface area contributed by atoms with Crippen LogP contribution in [0.25, 0.3) is 5.69 Å². The van der Waals surface area contributed by atoms with Crippen molar-refractivity contribution in [2.45, 2.75) is 26.7 Å². The van der Waals surface area contributed by atoms with Gasteiger partial charge in [-0.25, -0.2) is 4.39 Å². The van der Waals surface area contributed by atoms with Crippen LogP contribution in [-0.4, -0.2) is 40.8 Å². The number of nitrogens with zero attached hydrogens (tertiary/aromatic N) is 3. The van der Waals surface area contributed by atoms with Gasteiger partial charge in [0, 0.05) is 13.1 Å². The third-order valence-electron chi connectivity index (χ3n) is 3.66. The molecule has 0 atom stereocenters. The summed E-state index contributed by atoms with van der Waals surface area (Å²) in [6, 6.07) is 6.55. The molecule has 1 heterocycles. The Morgan fingerprint density at radius 1 is 1.20 bits per heavy atom. The van der Waals surface area contributed by atoms with E-state index in [9.17, 15) is 14.0 Å². The minimum absolute atomic E-state index is 0.0633. The van der Waals surface area contributed by atoms with Gasteiger partial charge in [-0.1, -0.05) is 13.8 Å². The molecule has 0 unspecified atom stereocenters. The molecule has 0 saturated heterocycles. The molecule has 0 aliphatic rings. The number of rotatable bonds is 7. The summed E-state index contributed by atoms with van der Waals surface area (Å²) in [6.45, 7) is 5.15. The Morgan fingerprint density at radius 3 is 2.32 bits per heavy atom. The topological polar surface area (TPSA) is 64.4 Å². The van der Waals surface area contributed by atoms with Gasteiger partial charge in [-0.05, 0) is 37.1 Å². The fourth-order valence-corrected chi connectivity index (χ4v) is 2.52. The predicted molar refractivity (Wildman–Crippen MR) is 92.8 cm³/mol. The third kappa shape index (κ3) is 4.23. The van der Waals surface area contributed by atoms with Crippen molar-refractivity contribution in [1.29, 1.82) is 0 Å². The lowest BCUT2D eigenvalue weighted by molar-refractivity contribution is 0.0743. The maximum atomic E-state index is 13.1. The first-order chi connectivity index (χ1) is 12.0. The van der Waals surface area contributed by atoms with Gasteiger partial charge in [0.25, 0.3) is 11.5 Å². The summed E-state index contributed by atoms with van der Waals surface area (Å²) in [5.41, 5.74) is -0.0218. The molecule has 0 saturated carbocycles. The van der Waals surface area contributed by atoms with Crippen molar-refractivity contribution in [3.63, 3.8) is 0 Å². The predicted octanol–water partition coefficient (Wildman–Crippen LogP) is 2.64. The van der Waals surface area contributed by atoms with Crippen LogP contribution in [0.5, 0.6) is 5.75 Å².